The minimum atomic E-state index is -3.50. The van der Waals surface area contributed by atoms with Gasteiger partial charge in [0.25, 0.3) is 10.2 Å². The van der Waals surface area contributed by atoms with Gasteiger partial charge in [-0.15, -0.1) is 11.3 Å². The minimum absolute atomic E-state index is 0.378. The van der Waals surface area contributed by atoms with Crippen LogP contribution in [0.5, 0.6) is 0 Å². The minimum Gasteiger partial charge on any atom is -0.319 e. The van der Waals surface area contributed by atoms with Crippen molar-refractivity contribution in [1.29, 1.82) is 0 Å². The van der Waals surface area contributed by atoms with Gasteiger partial charge in [-0.2, -0.15) is 17.4 Å². The summed E-state index contributed by atoms with van der Waals surface area (Å²) in [4.78, 5) is 4.22. The van der Waals surface area contributed by atoms with Crippen LogP contribution in [0.15, 0.2) is 11.6 Å². The lowest BCUT2D eigenvalue weighted by Crippen LogP contribution is -2.52. The highest BCUT2D eigenvalue weighted by Gasteiger charge is 2.35. The molecule has 0 bridgehead atoms. The monoisotopic (exact) mass is 332 g/mol. The summed E-state index contributed by atoms with van der Waals surface area (Å²) < 4.78 is 29.6. The molecule has 1 unspecified atom stereocenters. The van der Waals surface area contributed by atoms with Crippen LogP contribution in [0.1, 0.15) is 31.7 Å². The summed E-state index contributed by atoms with van der Waals surface area (Å²) in [6.45, 7) is 5.70. The molecule has 0 spiro atoms. The maximum absolute atomic E-state index is 12.6. The number of thiazole rings is 1. The predicted molar refractivity (Wildman–Crippen MR) is 85.4 cm³/mol. The van der Waals surface area contributed by atoms with E-state index in [0.717, 1.165) is 24.4 Å². The normalized spacial score (nSPS) is 21.6. The Labute approximate surface area is 131 Å². The van der Waals surface area contributed by atoms with E-state index in [-0.39, 0.29) is 0 Å². The molecule has 21 heavy (non-hydrogen) atoms. The van der Waals surface area contributed by atoms with Crippen LogP contribution < -0.4 is 10.0 Å². The number of rotatable bonds is 6. The van der Waals surface area contributed by atoms with Gasteiger partial charge in [0.15, 0.2) is 0 Å². The van der Waals surface area contributed by atoms with Crippen LogP contribution >= 0.6 is 11.3 Å². The fourth-order valence-electron chi connectivity index (χ4n) is 2.66. The van der Waals surface area contributed by atoms with Gasteiger partial charge in [0.1, 0.15) is 5.01 Å². The molecule has 0 radical (unpaired) electrons. The van der Waals surface area contributed by atoms with Crippen molar-refractivity contribution in [3.63, 3.8) is 0 Å². The second kappa shape index (κ2) is 6.70. The van der Waals surface area contributed by atoms with E-state index in [1.165, 1.54) is 11.3 Å². The zero-order valence-electron chi connectivity index (χ0n) is 12.8. The molecule has 0 aliphatic carbocycles. The van der Waals surface area contributed by atoms with E-state index in [0.29, 0.717) is 19.0 Å². The highest BCUT2D eigenvalue weighted by molar-refractivity contribution is 7.87. The van der Waals surface area contributed by atoms with Gasteiger partial charge >= 0.3 is 0 Å². The van der Waals surface area contributed by atoms with Gasteiger partial charge in [-0.25, -0.2) is 4.98 Å². The van der Waals surface area contributed by atoms with E-state index in [1.54, 1.807) is 10.5 Å². The first-order valence-electron chi connectivity index (χ1n) is 7.19. The van der Waals surface area contributed by atoms with Crippen LogP contribution in [0.3, 0.4) is 0 Å². The lowest BCUT2D eigenvalue weighted by Gasteiger charge is -2.34. The lowest BCUT2D eigenvalue weighted by atomic mass is 10.00. The van der Waals surface area contributed by atoms with Gasteiger partial charge in [-0.05, 0) is 46.2 Å². The van der Waals surface area contributed by atoms with Gasteiger partial charge in [0.05, 0.1) is 5.54 Å². The van der Waals surface area contributed by atoms with Crippen LogP contribution in [0, 0.1) is 5.92 Å². The number of piperidine rings is 1. The maximum atomic E-state index is 12.6. The average Bonchev–Trinajstić information content (AvgIpc) is 2.93. The molecular weight excluding hydrogens is 308 g/mol. The number of hydrogen-bond donors (Lipinski definition) is 2. The molecule has 0 aromatic carbocycles. The van der Waals surface area contributed by atoms with Crippen LogP contribution in [0.25, 0.3) is 0 Å². The van der Waals surface area contributed by atoms with Gasteiger partial charge in [-0.3, -0.25) is 0 Å². The molecule has 1 aliphatic heterocycles. The van der Waals surface area contributed by atoms with E-state index < -0.39 is 15.7 Å². The molecule has 2 heterocycles. The predicted octanol–water partition coefficient (Wildman–Crippen LogP) is 1.14. The van der Waals surface area contributed by atoms with Crippen molar-refractivity contribution in [3.8, 4) is 0 Å². The van der Waals surface area contributed by atoms with Crippen molar-refractivity contribution < 1.29 is 8.42 Å². The van der Waals surface area contributed by atoms with E-state index in [1.807, 2.05) is 26.3 Å². The van der Waals surface area contributed by atoms with E-state index >= 15 is 0 Å². The third-order valence-corrected chi connectivity index (χ3v) is 6.54. The third-order valence-electron chi connectivity index (χ3n) is 3.67. The molecule has 0 saturated carbocycles. The first kappa shape index (κ1) is 16.8. The Balaban J connectivity index is 2.07. The Morgan fingerprint density at radius 1 is 1.52 bits per heavy atom. The highest BCUT2D eigenvalue weighted by atomic mass is 32.2. The SMILES string of the molecule is CNCC1CCCN(S(=O)(=O)NC(C)(C)c2nccs2)C1. The first-order chi connectivity index (χ1) is 9.85. The van der Waals surface area contributed by atoms with Gasteiger partial charge in [0.2, 0.25) is 0 Å². The molecule has 6 nitrogen and oxygen atoms in total. The van der Waals surface area contributed by atoms with Crippen molar-refractivity contribution >= 4 is 21.5 Å². The standard InChI is InChI=1S/C13H24N4O2S2/c1-13(2,12-15-6-8-20-12)16-21(18,19)17-7-4-5-11(10-17)9-14-3/h6,8,11,14,16H,4-5,7,9-10H2,1-3H3. The lowest BCUT2D eigenvalue weighted by molar-refractivity contribution is 0.257. The number of aromatic nitrogens is 1. The summed E-state index contributed by atoms with van der Waals surface area (Å²) in [6.07, 6.45) is 3.67. The second-order valence-electron chi connectivity index (χ2n) is 5.99. The van der Waals surface area contributed by atoms with Gasteiger partial charge in [0, 0.05) is 24.7 Å². The quantitative estimate of drug-likeness (QED) is 0.819. The molecule has 1 fully saturated rings. The molecule has 1 atom stereocenters. The third kappa shape index (κ3) is 4.23. The Kier molecular flexibility index (Phi) is 5.37. The zero-order valence-corrected chi connectivity index (χ0v) is 14.4. The molecule has 1 aromatic rings. The fourth-order valence-corrected chi connectivity index (χ4v) is 5.09. The number of nitrogens with one attached hydrogen (secondary N) is 2. The van der Waals surface area contributed by atoms with E-state index in [2.05, 4.69) is 15.0 Å². The Morgan fingerprint density at radius 3 is 2.90 bits per heavy atom. The van der Waals surface area contributed by atoms with Crippen molar-refractivity contribution in [2.24, 2.45) is 5.92 Å². The number of nitrogens with zero attached hydrogens (tertiary/aromatic N) is 2. The molecule has 120 valence electrons. The van der Waals surface area contributed by atoms with E-state index in [4.69, 9.17) is 0 Å². The molecular formula is C13H24N4O2S2. The Hall–Kier alpha value is -0.540. The summed E-state index contributed by atoms with van der Waals surface area (Å²) in [7, 11) is -1.60. The fraction of sp³-hybridized carbons (Fsp3) is 0.769. The zero-order chi connectivity index (χ0) is 15.5. The molecule has 1 aliphatic rings. The highest BCUT2D eigenvalue weighted by Crippen LogP contribution is 2.25. The summed E-state index contributed by atoms with van der Waals surface area (Å²) in [5, 5.41) is 5.76. The van der Waals surface area contributed by atoms with Gasteiger partial charge < -0.3 is 5.32 Å². The number of hydrogen-bond acceptors (Lipinski definition) is 5. The topological polar surface area (TPSA) is 74.3 Å². The summed E-state index contributed by atoms with van der Waals surface area (Å²) in [6, 6.07) is 0. The average molecular weight is 332 g/mol. The summed E-state index contributed by atoms with van der Waals surface area (Å²) >= 11 is 1.46. The maximum Gasteiger partial charge on any atom is 0.280 e. The van der Waals surface area contributed by atoms with Crippen molar-refractivity contribution in [3.05, 3.63) is 16.6 Å². The second-order valence-corrected chi connectivity index (χ2v) is 8.56. The Bertz CT molecular complexity index is 541. The van der Waals surface area contributed by atoms with E-state index in [9.17, 15) is 8.42 Å². The largest absolute Gasteiger partial charge is 0.319 e. The van der Waals surface area contributed by atoms with Crippen LogP contribution in [0.4, 0.5) is 0 Å². The molecule has 0 amide bonds. The summed E-state index contributed by atoms with van der Waals surface area (Å²) in [5.41, 5.74) is -0.692. The summed E-state index contributed by atoms with van der Waals surface area (Å²) in [5.74, 6) is 0.378. The van der Waals surface area contributed by atoms with Crippen LogP contribution in [0.2, 0.25) is 0 Å². The van der Waals surface area contributed by atoms with Crippen molar-refractivity contribution in [2.45, 2.75) is 32.2 Å². The molecule has 1 aromatic heterocycles. The first-order valence-corrected chi connectivity index (χ1v) is 9.51. The van der Waals surface area contributed by atoms with Crippen LogP contribution in [-0.4, -0.2) is 44.4 Å². The molecule has 1 saturated heterocycles. The van der Waals surface area contributed by atoms with Gasteiger partial charge in [-0.1, -0.05) is 0 Å². The molecule has 2 N–H and O–H groups in total. The van der Waals surface area contributed by atoms with Crippen LogP contribution in [-0.2, 0) is 15.7 Å². The smallest absolute Gasteiger partial charge is 0.280 e. The Morgan fingerprint density at radius 2 is 2.29 bits per heavy atom. The molecule has 8 heteroatoms. The van der Waals surface area contributed by atoms with Crippen molar-refractivity contribution in [1.82, 2.24) is 19.3 Å². The molecule has 2 rings (SSSR count). The van der Waals surface area contributed by atoms with Crippen molar-refractivity contribution in [2.75, 3.05) is 26.7 Å².